The minimum atomic E-state index is -0.281. The molecule has 162 valence electrons. The van der Waals surface area contributed by atoms with E-state index in [2.05, 4.69) is 9.97 Å². The standard InChI is InChI=1S/C22H24ClN5O3/c23-15-6-7-20-18(14-15)25-22(30)27(20)16-8-12-28(31,13-9-16)11-3-10-26-19-5-2-1-4-17(19)24-21(26)29/h1-2,4-7,14,16H,3,8-13H2,(H,24,29)(H,25,30). The largest absolute Gasteiger partial charge is 0.633 e. The highest BCUT2D eigenvalue weighted by Gasteiger charge is 2.29. The summed E-state index contributed by atoms with van der Waals surface area (Å²) in [6, 6.07) is 12.9. The molecular formula is C22H24ClN5O3. The number of imidazole rings is 2. The number of nitrogens with zero attached hydrogens (tertiary/aromatic N) is 3. The van der Waals surface area contributed by atoms with E-state index in [1.807, 2.05) is 30.3 Å². The Bertz CT molecular complexity index is 1360. The number of aromatic amines is 2. The van der Waals surface area contributed by atoms with Gasteiger partial charge in [-0.15, -0.1) is 0 Å². The van der Waals surface area contributed by atoms with E-state index in [-0.39, 0.29) is 22.1 Å². The third-order valence-electron chi connectivity index (χ3n) is 6.41. The Balaban J connectivity index is 1.25. The van der Waals surface area contributed by atoms with Gasteiger partial charge in [-0.1, -0.05) is 23.7 Å². The topological polar surface area (TPSA) is 98.6 Å². The molecule has 31 heavy (non-hydrogen) atoms. The maximum Gasteiger partial charge on any atom is 0.326 e. The van der Waals surface area contributed by atoms with Crippen molar-refractivity contribution in [3.8, 4) is 0 Å². The highest BCUT2D eigenvalue weighted by Crippen LogP contribution is 2.29. The van der Waals surface area contributed by atoms with Gasteiger partial charge in [0.1, 0.15) is 0 Å². The maximum absolute atomic E-state index is 13.2. The zero-order chi connectivity index (χ0) is 21.6. The molecule has 1 saturated heterocycles. The number of halogens is 1. The van der Waals surface area contributed by atoms with Crippen LogP contribution in [0.3, 0.4) is 0 Å². The first-order valence-corrected chi connectivity index (χ1v) is 11.0. The van der Waals surface area contributed by atoms with E-state index >= 15 is 0 Å². The van der Waals surface area contributed by atoms with Gasteiger partial charge in [-0.3, -0.25) is 9.13 Å². The molecule has 0 radical (unpaired) electrons. The van der Waals surface area contributed by atoms with Gasteiger partial charge < -0.3 is 19.8 Å². The van der Waals surface area contributed by atoms with Crippen molar-refractivity contribution in [1.29, 1.82) is 0 Å². The Morgan fingerprint density at radius 3 is 2.55 bits per heavy atom. The molecule has 2 aromatic carbocycles. The van der Waals surface area contributed by atoms with Gasteiger partial charge in [0.2, 0.25) is 0 Å². The number of H-pyrrole nitrogens is 2. The smallest absolute Gasteiger partial charge is 0.326 e. The average Bonchev–Trinajstić information content (AvgIpc) is 3.24. The van der Waals surface area contributed by atoms with Crippen molar-refractivity contribution in [3.05, 3.63) is 73.7 Å². The zero-order valence-corrected chi connectivity index (χ0v) is 17.8. The second-order valence-corrected chi connectivity index (χ2v) is 8.81. The number of fused-ring (bicyclic) bond motifs is 2. The molecule has 1 aliphatic rings. The van der Waals surface area contributed by atoms with Gasteiger partial charge >= 0.3 is 11.4 Å². The number of hydrogen-bond donors (Lipinski definition) is 2. The zero-order valence-electron chi connectivity index (χ0n) is 17.0. The van der Waals surface area contributed by atoms with Crippen molar-refractivity contribution in [2.24, 2.45) is 0 Å². The molecule has 0 unspecified atom stereocenters. The molecule has 0 aliphatic carbocycles. The van der Waals surface area contributed by atoms with Crippen molar-refractivity contribution in [3.63, 3.8) is 0 Å². The minimum Gasteiger partial charge on any atom is -0.633 e. The van der Waals surface area contributed by atoms with Gasteiger partial charge in [-0.25, -0.2) is 9.59 Å². The summed E-state index contributed by atoms with van der Waals surface area (Å²) in [5, 5.41) is 13.8. The summed E-state index contributed by atoms with van der Waals surface area (Å²) in [5.41, 5.74) is 2.91. The van der Waals surface area contributed by atoms with Gasteiger partial charge in [0.25, 0.3) is 0 Å². The Labute approximate surface area is 182 Å². The molecule has 0 saturated carbocycles. The molecule has 2 N–H and O–H groups in total. The second kappa shape index (κ2) is 7.71. The van der Waals surface area contributed by atoms with Crippen LogP contribution in [0.5, 0.6) is 0 Å². The second-order valence-electron chi connectivity index (χ2n) is 8.37. The third-order valence-corrected chi connectivity index (χ3v) is 6.65. The van der Waals surface area contributed by atoms with E-state index in [1.54, 1.807) is 21.3 Å². The number of rotatable bonds is 5. The lowest BCUT2D eigenvalue weighted by atomic mass is 10.0. The molecular weight excluding hydrogens is 418 g/mol. The molecule has 0 amide bonds. The lowest BCUT2D eigenvalue weighted by molar-refractivity contribution is -0.886. The van der Waals surface area contributed by atoms with Crippen LogP contribution in [0.15, 0.2) is 52.1 Å². The van der Waals surface area contributed by atoms with Crippen LogP contribution in [0, 0.1) is 5.21 Å². The Morgan fingerprint density at radius 1 is 1.00 bits per heavy atom. The third kappa shape index (κ3) is 3.71. The van der Waals surface area contributed by atoms with E-state index in [9.17, 15) is 14.8 Å². The lowest BCUT2D eigenvalue weighted by Crippen LogP contribution is -2.49. The SMILES string of the molecule is O=c1[nH]c2ccccc2n1CCC[N+]1([O-])CCC(n2c(=O)[nH]c3cc(Cl)ccc32)CC1. The molecule has 5 rings (SSSR count). The number of para-hydroxylation sites is 2. The highest BCUT2D eigenvalue weighted by molar-refractivity contribution is 6.31. The monoisotopic (exact) mass is 441 g/mol. The van der Waals surface area contributed by atoms with Crippen LogP contribution in [-0.4, -0.2) is 43.4 Å². The number of likely N-dealkylation sites (tertiary alicyclic amines) is 1. The fourth-order valence-electron chi connectivity index (χ4n) is 4.82. The molecule has 0 bridgehead atoms. The predicted octanol–water partition coefficient (Wildman–Crippen LogP) is 3.37. The van der Waals surface area contributed by atoms with Gasteiger partial charge in [0.05, 0.1) is 41.7 Å². The van der Waals surface area contributed by atoms with Gasteiger partial charge in [-0.2, -0.15) is 0 Å². The van der Waals surface area contributed by atoms with Crippen LogP contribution < -0.4 is 11.4 Å². The molecule has 0 spiro atoms. The first-order valence-electron chi connectivity index (χ1n) is 10.6. The number of hydrogen-bond acceptors (Lipinski definition) is 3. The number of quaternary nitrogens is 1. The summed E-state index contributed by atoms with van der Waals surface area (Å²) >= 11 is 6.03. The van der Waals surface area contributed by atoms with Crippen molar-refractivity contribution in [2.45, 2.75) is 31.8 Å². The van der Waals surface area contributed by atoms with Crippen molar-refractivity contribution in [2.75, 3.05) is 19.6 Å². The number of aromatic nitrogens is 4. The van der Waals surface area contributed by atoms with Crippen LogP contribution in [0.4, 0.5) is 0 Å². The molecule has 0 atom stereocenters. The summed E-state index contributed by atoms with van der Waals surface area (Å²) < 4.78 is 3.18. The Morgan fingerprint density at radius 2 is 1.74 bits per heavy atom. The summed E-state index contributed by atoms with van der Waals surface area (Å²) in [5.74, 6) is 0. The summed E-state index contributed by atoms with van der Waals surface area (Å²) in [4.78, 5) is 30.4. The summed E-state index contributed by atoms with van der Waals surface area (Å²) in [7, 11) is 0. The van der Waals surface area contributed by atoms with Crippen molar-refractivity contribution in [1.82, 2.24) is 19.1 Å². The molecule has 1 aliphatic heterocycles. The Hall–Kier alpha value is -2.81. The van der Waals surface area contributed by atoms with E-state index in [4.69, 9.17) is 11.6 Å². The molecule has 1 fully saturated rings. The number of aryl methyl sites for hydroxylation is 1. The van der Waals surface area contributed by atoms with Crippen LogP contribution >= 0.6 is 11.6 Å². The number of benzene rings is 2. The molecule has 3 heterocycles. The molecule has 2 aromatic heterocycles. The lowest BCUT2D eigenvalue weighted by Gasteiger charge is -2.47. The van der Waals surface area contributed by atoms with Crippen LogP contribution in [0.25, 0.3) is 22.1 Å². The number of piperidine rings is 1. The molecule has 4 aromatic rings. The van der Waals surface area contributed by atoms with Gasteiger partial charge in [0.15, 0.2) is 0 Å². The number of hydroxylamine groups is 3. The van der Waals surface area contributed by atoms with Crippen molar-refractivity contribution < 1.29 is 4.65 Å². The van der Waals surface area contributed by atoms with E-state index in [0.29, 0.717) is 50.5 Å². The highest BCUT2D eigenvalue weighted by atomic mass is 35.5. The van der Waals surface area contributed by atoms with Crippen LogP contribution in [0.1, 0.15) is 25.3 Å². The van der Waals surface area contributed by atoms with E-state index < -0.39 is 0 Å². The molecule has 8 nitrogen and oxygen atoms in total. The predicted molar refractivity (Wildman–Crippen MR) is 121 cm³/mol. The van der Waals surface area contributed by atoms with Crippen LogP contribution in [-0.2, 0) is 6.54 Å². The normalized spacial score (nSPS) is 21.8. The van der Waals surface area contributed by atoms with Crippen molar-refractivity contribution >= 4 is 33.7 Å². The quantitative estimate of drug-likeness (QED) is 0.367. The molecule has 9 heteroatoms. The first-order chi connectivity index (χ1) is 14.9. The fourth-order valence-corrected chi connectivity index (χ4v) is 4.99. The Kier molecular flexibility index (Phi) is 5.00. The first kappa shape index (κ1) is 20.1. The van der Waals surface area contributed by atoms with Gasteiger partial charge in [-0.05, 0) is 30.3 Å². The maximum atomic E-state index is 13.2. The summed E-state index contributed by atoms with van der Waals surface area (Å²) in [6.45, 7) is 1.88. The van der Waals surface area contributed by atoms with E-state index in [0.717, 1.165) is 22.1 Å². The van der Waals surface area contributed by atoms with E-state index in [1.165, 1.54) is 0 Å². The van der Waals surface area contributed by atoms with Gasteiger partial charge in [0, 0.05) is 36.9 Å². The fraction of sp³-hybridized carbons (Fsp3) is 0.364. The average molecular weight is 442 g/mol. The summed E-state index contributed by atoms with van der Waals surface area (Å²) in [6.07, 6.45) is 1.92. The minimum absolute atomic E-state index is 0.00105. The number of nitrogens with one attached hydrogen (secondary N) is 2. The van der Waals surface area contributed by atoms with Crippen LogP contribution in [0.2, 0.25) is 5.02 Å².